The zero-order chi connectivity index (χ0) is 27.9. The maximum absolute atomic E-state index is 12.5. The van der Waals surface area contributed by atoms with Gasteiger partial charge in [0, 0.05) is 12.8 Å². The van der Waals surface area contributed by atoms with Crippen molar-refractivity contribution in [1.82, 2.24) is 0 Å². The van der Waals surface area contributed by atoms with Crippen LogP contribution in [0.5, 0.6) is 0 Å². The van der Waals surface area contributed by atoms with Gasteiger partial charge in [-0.25, -0.2) is 0 Å². The summed E-state index contributed by atoms with van der Waals surface area (Å²) in [5.74, 6) is -0.764. The molecule has 0 bridgehead atoms. The predicted molar refractivity (Wildman–Crippen MR) is 163 cm³/mol. The SMILES string of the molecule is CCCCCC/C=C\CCCCCCCC(=O)OC(CCCCCCCCCCC)CCCCCC(=O)O. The molecule has 224 valence electrons. The third-order valence-corrected chi connectivity index (χ3v) is 7.49. The first-order valence-corrected chi connectivity index (χ1v) is 16.7. The van der Waals surface area contributed by atoms with E-state index in [1.54, 1.807) is 0 Å². The van der Waals surface area contributed by atoms with Gasteiger partial charge in [0.15, 0.2) is 0 Å². The maximum Gasteiger partial charge on any atom is 0.306 e. The van der Waals surface area contributed by atoms with E-state index in [9.17, 15) is 9.59 Å². The van der Waals surface area contributed by atoms with Crippen LogP contribution >= 0.6 is 0 Å². The minimum atomic E-state index is -0.725. The molecule has 38 heavy (non-hydrogen) atoms. The van der Waals surface area contributed by atoms with Gasteiger partial charge in [0.05, 0.1) is 0 Å². The first kappa shape index (κ1) is 36.7. The normalized spacial score (nSPS) is 12.3. The molecular formula is C34H64O4. The van der Waals surface area contributed by atoms with E-state index in [-0.39, 0.29) is 18.5 Å². The molecule has 0 rings (SSSR count). The Hall–Kier alpha value is -1.32. The number of carboxylic acids is 1. The Morgan fingerprint density at radius 1 is 0.553 bits per heavy atom. The molecule has 0 amide bonds. The van der Waals surface area contributed by atoms with E-state index < -0.39 is 5.97 Å². The number of aliphatic carboxylic acids is 1. The van der Waals surface area contributed by atoms with Crippen LogP contribution in [-0.4, -0.2) is 23.1 Å². The zero-order valence-corrected chi connectivity index (χ0v) is 25.5. The summed E-state index contributed by atoms with van der Waals surface area (Å²) in [6, 6.07) is 0. The van der Waals surface area contributed by atoms with Crippen molar-refractivity contribution in [3.8, 4) is 0 Å². The maximum atomic E-state index is 12.5. The highest BCUT2D eigenvalue weighted by Crippen LogP contribution is 2.18. The van der Waals surface area contributed by atoms with Gasteiger partial charge in [0.1, 0.15) is 6.10 Å². The lowest BCUT2D eigenvalue weighted by Gasteiger charge is -2.18. The van der Waals surface area contributed by atoms with Gasteiger partial charge in [-0.15, -0.1) is 0 Å². The van der Waals surface area contributed by atoms with Gasteiger partial charge >= 0.3 is 11.9 Å². The number of hydrogen-bond donors (Lipinski definition) is 1. The van der Waals surface area contributed by atoms with Crippen LogP contribution in [0.15, 0.2) is 12.2 Å². The summed E-state index contributed by atoms with van der Waals surface area (Å²) in [6.45, 7) is 4.51. The minimum absolute atomic E-state index is 0.00522. The van der Waals surface area contributed by atoms with Crippen molar-refractivity contribution in [2.24, 2.45) is 0 Å². The molecule has 0 aliphatic rings. The number of rotatable bonds is 30. The molecule has 0 aromatic rings. The van der Waals surface area contributed by atoms with Crippen LogP contribution in [0, 0.1) is 0 Å². The minimum Gasteiger partial charge on any atom is -0.481 e. The average molecular weight is 537 g/mol. The fraction of sp³-hybridized carbons (Fsp3) is 0.882. The zero-order valence-electron chi connectivity index (χ0n) is 25.5. The van der Waals surface area contributed by atoms with E-state index >= 15 is 0 Å². The number of esters is 1. The number of unbranched alkanes of at least 4 members (excludes halogenated alkanes) is 19. The van der Waals surface area contributed by atoms with Crippen molar-refractivity contribution >= 4 is 11.9 Å². The van der Waals surface area contributed by atoms with E-state index in [0.717, 1.165) is 44.9 Å². The Balaban J connectivity index is 3.97. The largest absolute Gasteiger partial charge is 0.481 e. The molecule has 0 saturated heterocycles. The molecule has 0 fully saturated rings. The standard InChI is InChI=1S/C34H64O4/c1-3-5-7-9-11-13-14-15-16-18-20-22-27-31-34(37)38-32(29-25-23-26-30-33(35)36)28-24-21-19-17-12-10-8-6-4-2/h13-14,32H,3-12,15-31H2,1-2H3,(H,35,36)/b14-13-. The topological polar surface area (TPSA) is 63.6 Å². The Kier molecular flexibility index (Phi) is 29.2. The monoisotopic (exact) mass is 536 g/mol. The molecule has 4 heteroatoms. The summed E-state index contributed by atoms with van der Waals surface area (Å²) in [4.78, 5) is 23.2. The van der Waals surface area contributed by atoms with Crippen molar-refractivity contribution in [2.75, 3.05) is 0 Å². The average Bonchev–Trinajstić information content (AvgIpc) is 2.89. The summed E-state index contributed by atoms with van der Waals surface area (Å²) < 4.78 is 5.89. The van der Waals surface area contributed by atoms with Crippen LogP contribution in [0.2, 0.25) is 0 Å². The second-order valence-electron chi connectivity index (χ2n) is 11.3. The molecule has 0 heterocycles. The summed E-state index contributed by atoms with van der Waals surface area (Å²) in [7, 11) is 0. The fourth-order valence-corrected chi connectivity index (χ4v) is 5.00. The summed E-state index contributed by atoms with van der Waals surface area (Å²) in [5, 5.41) is 8.83. The number of allylic oxidation sites excluding steroid dienone is 2. The van der Waals surface area contributed by atoms with Gasteiger partial charge in [0.2, 0.25) is 0 Å². The number of carbonyl (C=O) groups is 2. The summed E-state index contributed by atoms with van der Waals surface area (Å²) >= 11 is 0. The van der Waals surface area contributed by atoms with Crippen LogP contribution in [0.1, 0.15) is 187 Å². The van der Waals surface area contributed by atoms with Gasteiger partial charge in [-0.3, -0.25) is 9.59 Å². The highest BCUT2D eigenvalue weighted by atomic mass is 16.5. The molecule has 0 aliphatic heterocycles. The lowest BCUT2D eigenvalue weighted by Crippen LogP contribution is -2.18. The van der Waals surface area contributed by atoms with E-state index in [1.165, 1.54) is 109 Å². The molecule has 0 aromatic heterocycles. The third-order valence-electron chi connectivity index (χ3n) is 7.49. The molecule has 0 saturated carbocycles. The molecule has 0 aromatic carbocycles. The number of ether oxygens (including phenoxy) is 1. The van der Waals surface area contributed by atoms with Gasteiger partial charge in [-0.2, -0.15) is 0 Å². The number of hydrogen-bond acceptors (Lipinski definition) is 3. The lowest BCUT2D eigenvalue weighted by atomic mass is 10.0. The van der Waals surface area contributed by atoms with Crippen molar-refractivity contribution in [3.63, 3.8) is 0 Å². The highest BCUT2D eigenvalue weighted by Gasteiger charge is 2.14. The second kappa shape index (κ2) is 30.2. The number of carbonyl (C=O) groups excluding carboxylic acids is 1. The molecule has 1 unspecified atom stereocenters. The summed E-state index contributed by atoms with van der Waals surface area (Å²) in [6.07, 6.45) is 35.0. The van der Waals surface area contributed by atoms with Crippen LogP contribution < -0.4 is 0 Å². The molecular weight excluding hydrogens is 472 g/mol. The number of carboxylic acid groups (broad SMARTS) is 1. The van der Waals surface area contributed by atoms with Crippen molar-refractivity contribution in [3.05, 3.63) is 12.2 Å². The highest BCUT2D eigenvalue weighted by molar-refractivity contribution is 5.69. The molecule has 0 spiro atoms. The van der Waals surface area contributed by atoms with Gasteiger partial charge in [0.25, 0.3) is 0 Å². The third kappa shape index (κ3) is 29.2. The smallest absolute Gasteiger partial charge is 0.306 e. The van der Waals surface area contributed by atoms with Gasteiger partial charge in [-0.1, -0.05) is 122 Å². The predicted octanol–water partition coefficient (Wildman–Crippen LogP) is 11.1. The second-order valence-corrected chi connectivity index (χ2v) is 11.3. The van der Waals surface area contributed by atoms with Gasteiger partial charge in [-0.05, 0) is 64.2 Å². The molecule has 0 aliphatic carbocycles. The van der Waals surface area contributed by atoms with Crippen LogP contribution in [0.4, 0.5) is 0 Å². The van der Waals surface area contributed by atoms with E-state index in [0.29, 0.717) is 12.8 Å². The molecule has 1 N–H and O–H groups in total. The van der Waals surface area contributed by atoms with Crippen LogP contribution in [-0.2, 0) is 14.3 Å². The Morgan fingerprint density at radius 2 is 0.947 bits per heavy atom. The first-order chi connectivity index (χ1) is 18.6. The van der Waals surface area contributed by atoms with Crippen molar-refractivity contribution < 1.29 is 19.4 Å². The van der Waals surface area contributed by atoms with Crippen molar-refractivity contribution in [2.45, 2.75) is 193 Å². The summed E-state index contributed by atoms with van der Waals surface area (Å²) in [5.41, 5.74) is 0. The Bertz CT molecular complexity index is 543. The molecule has 0 radical (unpaired) electrons. The fourth-order valence-electron chi connectivity index (χ4n) is 5.00. The van der Waals surface area contributed by atoms with E-state index in [4.69, 9.17) is 9.84 Å². The molecule has 4 nitrogen and oxygen atoms in total. The van der Waals surface area contributed by atoms with E-state index in [2.05, 4.69) is 26.0 Å². The quantitative estimate of drug-likeness (QED) is 0.0563. The van der Waals surface area contributed by atoms with E-state index in [1.807, 2.05) is 0 Å². The Labute approximate surface area is 236 Å². The lowest BCUT2D eigenvalue weighted by molar-refractivity contribution is -0.150. The van der Waals surface area contributed by atoms with Gasteiger partial charge < -0.3 is 9.84 Å². The first-order valence-electron chi connectivity index (χ1n) is 16.7. The van der Waals surface area contributed by atoms with Crippen LogP contribution in [0.3, 0.4) is 0 Å². The Morgan fingerprint density at radius 3 is 1.47 bits per heavy atom. The van der Waals surface area contributed by atoms with Crippen molar-refractivity contribution in [1.29, 1.82) is 0 Å². The van der Waals surface area contributed by atoms with Crippen LogP contribution in [0.25, 0.3) is 0 Å². The molecule has 1 atom stereocenters.